The molecule has 0 aromatic heterocycles. The number of hydrogen-bond donors (Lipinski definition) is 1. The largest absolute Gasteiger partial charge is 0.379 e. The quantitative estimate of drug-likeness (QED) is 0.813. The zero-order chi connectivity index (χ0) is 11.4. The van der Waals surface area contributed by atoms with E-state index in [2.05, 4.69) is 23.6 Å². The zero-order valence-corrected chi connectivity index (χ0v) is 11.1. The van der Waals surface area contributed by atoms with Gasteiger partial charge in [-0.15, -0.1) is 0 Å². The van der Waals surface area contributed by atoms with E-state index in [1.54, 1.807) is 0 Å². The lowest BCUT2D eigenvalue weighted by Gasteiger charge is -2.48. The van der Waals surface area contributed by atoms with Crippen molar-refractivity contribution in [2.75, 3.05) is 38.6 Å². The summed E-state index contributed by atoms with van der Waals surface area (Å²) in [6.45, 7) is 7.16. The van der Waals surface area contributed by atoms with Gasteiger partial charge < -0.3 is 10.5 Å². The predicted octanol–water partition coefficient (Wildman–Crippen LogP) is 1.32. The van der Waals surface area contributed by atoms with Crippen LogP contribution in [-0.4, -0.2) is 54.3 Å². The molecule has 2 fully saturated rings. The van der Waals surface area contributed by atoms with Crippen molar-refractivity contribution in [1.82, 2.24) is 4.90 Å². The summed E-state index contributed by atoms with van der Waals surface area (Å²) in [6.07, 6.45) is 3.64. The monoisotopic (exact) mass is 244 g/mol. The molecule has 2 saturated heterocycles. The molecule has 3 nitrogen and oxygen atoms in total. The molecule has 2 aliphatic heterocycles. The number of nitrogens with zero attached hydrogens (tertiary/aromatic N) is 1. The summed E-state index contributed by atoms with van der Waals surface area (Å²) in [5.41, 5.74) is 6.17. The number of nitrogens with two attached hydrogens (primary N) is 1. The van der Waals surface area contributed by atoms with Crippen LogP contribution in [0.3, 0.4) is 0 Å². The number of ether oxygens (including phenoxy) is 1. The molecule has 0 spiro atoms. The lowest BCUT2D eigenvalue weighted by Crippen LogP contribution is -2.61. The van der Waals surface area contributed by atoms with Crippen molar-refractivity contribution >= 4 is 11.8 Å². The minimum atomic E-state index is 0.145. The molecule has 0 aliphatic carbocycles. The fourth-order valence-electron chi connectivity index (χ4n) is 2.77. The van der Waals surface area contributed by atoms with E-state index in [1.165, 1.54) is 31.7 Å². The first kappa shape index (κ1) is 12.7. The van der Waals surface area contributed by atoms with Crippen LogP contribution in [0.15, 0.2) is 0 Å². The second-order valence-electron chi connectivity index (χ2n) is 4.93. The minimum Gasteiger partial charge on any atom is -0.379 e. The molecular formula is C12H24N2OS. The Morgan fingerprint density at radius 1 is 1.56 bits per heavy atom. The van der Waals surface area contributed by atoms with Crippen LogP contribution in [0, 0.1) is 0 Å². The highest BCUT2D eigenvalue weighted by molar-refractivity contribution is 8.00. The first-order valence-electron chi connectivity index (χ1n) is 6.45. The Hall–Kier alpha value is 0.230. The molecular weight excluding hydrogens is 220 g/mol. The standard InChI is InChI=1S/C12H24N2OS/c1-2-11-8-14(5-7-16-11)12(9-13)4-3-6-15-10-12/h11H,2-10,13H2,1H3. The highest BCUT2D eigenvalue weighted by atomic mass is 32.2. The number of hydrogen-bond acceptors (Lipinski definition) is 4. The summed E-state index contributed by atoms with van der Waals surface area (Å²) in [4.78, 5) is 2.61. The first-order valence-corrected chi connectivity index (χ1v) is 7.50. The molecule has 0 saturated carbocycles. The van der Waals surface area contributed by atoms with Gasteiger partial charge in [-0.1, -0.05) is 6.92 Å². The fraction of sp³-hybridized carbons (Fsp3) is 1.00. The maximum Gasteiger partial charge on any atom is 0.0662 e. The normalized spacial score (nSPS) is 37.5. The van der Waals surface area contributed by atoms with Crippen LogP contribution >= 0.6 is 11.8 Å². The van der Waals surface area contributed by atoms with E-state index in [0.29, 0.717) is 0 Å². The van der Waals surface area contributed by atoms with Gasteiger partial charge >= 0.3 is 0 Å². The highest BCUT2D eigenvalue weighted by Crippen LogP contribution is 2.31. The molecule has 4 heteroatoms. The van der Waals surface area contributed by atoms with Crippen molar-refractivity contribution in [1.29, 1.82) is 0 Å². The van der Waals surface area contributed by atoms with Gasteiger partial charge in [0.25, 0.3) is 0 Å². The Bertz CT molecular complexity index is 219. The molecule has 2 heterocycles. The molecule has 2 aliphatic rings. The minimum absolute atomic E-state index is 0.145. The first-order chi connectivity index (χ1) is 7.80. The van der Waals surface area contributed by atoms with E-state index in [9.17, 15) is 0 Å². The van der Waals surface area contributed by atoms with Gasteiger partial charge in [-0.05, 0) is 19.3 Å². The van der Waals surface area contributed by atoms with E-state index in [0.717, 1.165) is 31.4 Å². The topological polar surface area (TPSA) is 38.5 Å². The summed E-state index contributed by atoms with van der Waals surface area (Å²) >= 11 is 2.12. The number of rotatable bonds is 3. The lowest BCUT2D eigenvalue weighted by molar-refractivity contribution is -0.0437. The molecule has 16 heavy (non-hydrogen) atoms. The molecule has 0 aromatic rings. The average Bonchev–Trinajstić information content (AvgIpc) is 2.39. The van der Waals surface area contributed by atoms with Gasteiger partial charge in [-0.3, -0.25) is 4.90 Å². The van der Waals surface area contributed by atoms with E-state index in [-0.39, 0.29) is 5.54 Å². The van der Waals surface area contributed by atoms with Crippen molar-refractivity contribution in [2.45, 2.75) is 37.0 Å². The average molecular weight is 244 g/mol. The van der Waals surface area contributed by atoms with Gasteiger partial charge in [0, 0.05) is 37.2 Å². The summed E-state index contributed by atoms with van der Waals surface area (Å²) in [7, 11) is 0. The van der Waals surface area contributed by atoms with Crippen LogP contribution in [-0.2, 0) is 4.74 Å². The predicted molar refractivity (Wildman–Crippen MR) is 69.9 cm³/mol. The van der Waals surface area contributed by atoms with E-state index in [1.807, 2.05) is 0 Å². The fourth-order valence-corrected chi connectivity index (χ4v) is 3.95. The van der Waals surface area contributed by atoms with E-state index in [4.69, 9.17) is 10.5 Å². The molecule has 94 valence electrons. The SMILES string of the molecule is CCC1CN(C2(CN)CCCOC2)CCS1. The molecule has 0 amide bonds. The third kappa shape index (κ3) is 2.55. The van der Waals surface area contributed by atoms with Gasteiger partial charge in [0.05, 0.1) is 12.1 Å². The number of thioether (sulfide) groups is 1. The van der Waals surface area contributed by atoms with Crippen LogP contribution in [0.4, 0.5) is 0 Å². The molecule has 2 rings (SSSR count). The lowest BCUT2D eigenvalue weighted by atomic mass is 9.90. The maximum atomic E-state index is 6.03. The van der Waals surface area contributed by atoms with Crippen LogP contribution < -0.4 is 5.73 Å². The molecule has 2 unspecified atom stereocenters. The second kappa shape index (κ2) is 5.71. The Morgan fingerprint density at radius 3 is 3.06 bits per heavy atom. The van der Waals surface area contributed by atoms with Crippen molar-refractivity contribution in [2.24, 2.45) is 5.73 Å². The van der Waals surface area contributed by atoms with Crippen molar-refractivity contribution in [3.8, 4) is 0 Å². The van der Waals surface area contributed by atoms with Crippen molar-refractivity contribution in [3.05, 3.63) is 0 Å². The Balaban J connectivity index is 2.01. The third-order valence-corrected chi connectivity index (χ3v) is 5.32. The second-order valence-corrected chi connectivity index (χ2v) is 6.34. The highest BCUT2D eigenvalue weighted by Gasteiger charge is 2.39. The van der Waals surface area contributed by atoms with E-state index >= 15 is 0 Å². The van der Waals surface area contributed by atoms with Crippen LogP contribution in [0.5, 0.6) is 0 Å². The van der Waals surface area contributed by atoms with Crippen molar-refractivity contribution in [3.63, 3.8) is 0 Å². The Kier molecular flexibility index (Phi) is 4.53. The van der Waals surface area contributed by atoms with Crippen LogP contribution in [0.1, 0.15) is 26.2 Å². The summed E-state index contributed by atoms with van der Waals surface area (Å²) in [6, 6.07) is 0. The molecule has 2 N–H and O–H groups in total. The van der Waals surface area contributed by atoms with Crippen LogP contribution in [0.2, 0.25) is 0 Å². The van der Waals surface area contributed by atoms with Gasteiger partial charge in [0.2, 0.25) is 0 Å². The van der Waals surface area contributed by atoms with Gasteiger partial charge in [-0.2, -0.15) is 11.8 Å². The molecule has 0 bridgehead atoms. The summed E-state index contributed by atoms with van der Waals surface area (Å²) < 4.78 is 5.67. The summed E-state index contributed by atoms with van der Waals surface area (Å²) in [5, 5.41) is 0.791. The zero-order valence-electron chi connectivity index (χ0n) is 10.3. The van der Waals surface area contributed by atoms with Crippen molar-refractivity contribution < 1.29 is 4.74 Å². The molecule has 0 radical (unpaired) electrons. The third-order valence-electron chi connectivity index (χ3n) is 3.95. The maximum absolute atomic E-state index is 6.03. The Morgan fingerprint density at radius 2 is 2.44 bits per heavy atom. The molecule has 2 atom stereocenters. The van der Waals surface area contributed by atoms with Crippen LogP contribution in [0.25, 0.3) is 0 Å². The summed E-state index contributed by atoms with van der Waals surface area (Å²) in [5.74, 6) is 1.25. The van der Waals surface area contributed by atoms with Gasteiger partial charge in [-0.25, -0.2) is 0 Å². The van der Waals surface area contributed by atoms with Gasteiger partial charge in [0.1, 0.15) is 0 Å². The smallest absolute Gasteiger partial charge is 0.0662 e. The van der Waals surface area contributed by atoms with Gasteiger partial charge in [0.15, 0.2) is 0 Å². The van der Waals surface area contributed by atoms with E-state index < -0.39 is 0 Å². The Labute approximate surface area is 103 Å². The molecule has 0 aromatic carbocycles.